The van der Waals surface area contributed by atoms with Crippen molar-refractivity contribution in [1.29, 1.82) is 0 Å². The summed E-state index contributed by atoms with van der Waals surface area (Å²) >= 11 is 0. The molecule has 0 amide bonds. The monoisotopic (exact) mass is 265 g/mol. The van der Waals surface area contributed by atoms with E-state index >= 15 is 0 Å². The molecule has 0 radical (unpaired) electrons. The second-order valence-corrected chi connectivity index (χ2v) is 4.44. The molecule has 0 spiro atoms. The maximum Gasteiger partial charge on any atom is 1.00 e. The zero-order valence-electron chi connectivity index (χ0n) is 12.5. The van der Waals surface area contributed by atoms with Gasteiger partial charge in [-0.1, -0.05) is 42.8 Å². The summed E-state index contributed by atoms with van der Waals surface area (Å²) < 4.78 is 0. The largest absolute Gasteiger partial charge is 1.00 e. The predicted octanol–water partition coefficient (Wildman–Crippen LogP) is 2.28. The molecule has 0 heterocycles. The van der Waals surface area contributed by atoms with Crippen LogP contribution in [0.2, 0.25) is 0 Å². The molecule has 2 aromatic rings. The van der Waals surface area contributed by atoms with Crippen molar-refractivity contribution >= 4 is 5.57 Å². The molecular formula is C20H18Li-. The molecule has 0 N–H and O–H groups in total. The van der Waals surface area contributed by atoms with Crippen molar-refractivity contribution in [3.63, 3.8) is 0 Å². The Hall–Kier alpha value is -1.87. The molecular weight excluding hydrogens is 247 g/mol. The third-order valence-corrected chi connectivity index (χ3v) is 3.00. The average molecular weight is 265 g/mol. The van der Waals surface area contributed by atoms with Crippen molar-refractivity contribution in [3.05, 3.63) is 109 Å². The molecule has 0 nitrogen and oxygen atoms in total. The van der Waals surface area contributed by atoms with Gasteiger partial charge in [0.25, 0.3) is 0 Å². The van der Waals surface area contributed by atoms with Crippen LogP contribution >= 0.6 is 0 Å². The minimum atomic E-state index is 0. The quantitative estimate of drug-likeness (QED) is 0.548. The third-order valence-electron chi connectivity index (χ3n) is 3.00. The fourth-order valence-electron chi connectivity index (χ4n) is 1.90. The number of allylic oxidation sites excluding steroid dienone is 6. The summed E-state index contributed by atoms with van der Waals surface area (Å²) in [6, 6.07) is 22.8. The van der Waals surface area contributed by atoms with E-state index in [1.54, 1.807) is 0 Å². The van der Waals surface area contributed by atoms with Crippen molar-refractivity contribution in [2.24, 2.45) is 0 Å². The summed E-state index contributed by atoms with van der Waals surface area (Å²) in [4.78, 5) is 0. The molecule has 0 unspecified atom stereocenters. The molecule has 100 valence electrons. The van der Waals surface area contributed by atoms with E-state index in [9.17, 15) is 0 Å². The Bertz CT molecular complexity index is 566. The molecule has 0 atom stereocenters. The smallest absolute Gasteiger partial charge is 0.198 e. The van der Waals surface area contributed by atoms with Gasteiger partial charge < -0.3 is 0 Å². The summed E-state index contributed by atoms with van der Waals surface area (Å²) in [6.07, 6.45) is 9.41. The maximum atomic E-state index is 4.13. The van der Waals surface area contributed by atoms with Crippen LogP contribution in [0.15, 0.2) is 90.5 Å². The summed E-state index contributed by atoms with van der Waals surface area (Å²) in [5.74, 6) is 0. The van der Waals surface area contributed by atoms with Gasteiger partial charge in [0.1, 0.15) is 0 Å². The number of hydrogen-bond acceptors (Lipinski definition) is 0. The van der Waals surface area contributed by atoms with Crippen molar-refractivity contribution < 1.29 is 18.9 Å². The van der Waals surface area contributed by atoms with E-state index in [-0.39, 0.29) is 18.9 Å². The maximum absolute atomic E-state index is 4.13. The van der Waals surface area contributed by atoms with Gasteiger partial charge >= 0.3 is 18.9 Å². The molecule has 21 heavy (non-hydrogen) atoms. The van der Waals surface area contributed by atoms with Gasteiger partial charge in [-0.2, -0.15) is 48.9 Å². The van der Waals surface area contributed by atoms with Crippen LogP contribution in [0.5, 0.6) is 0 Å². The van der Waals surface area contributed by atoms with Gasteiger partial charge in [-0.15, -0.1) is 29.3 Å². The van der Waals surface area contributed by atoms with Gasteiger partial charge in [0, 0.05) is 0 Å². The Morgan fingerprint density at radius 1 is 0.905 bits per heavy atom. The van der Waals surface area contributed by atoms with Crippen LogP contribution in [-0.4, -0.2) is 0 Å². The number of rotatable bonds is 1. The minimum Gasteiger partial charge on any atom is -0.198 e. The fraction of sp³-hybridized carbons (Fsp3) is 0.0500. The van der Waals surface area contributed by atoms with Gasteiger partial charge in [0.05, 0.1) is 0 Å². The van der Waals surface area contributed by atoms with E-state index in [0.717, 1.165) is 12.0 Å². The predicted molar refractivity (Wildman–Crippen MR) is 86.9 cm³/mol. The van der Waals surface area contributed by atoms with E-state index in [2.05, 4.69) is 49.4 Å². The van der Waals surface area contributed by atoms with Crippen LogP contribution in [0.25, 0.3) is 5.57 Å². The van der Waals surface area contributed by atoms with E-state index in [1.807, 2.05) is 48.5 Å². The van der Waals surface area contributed by atoms with E-state index < -0.39 is 0 Å². The molecule has 3 rings (SSSR count). The van der Waals surface area contributed by atoms with Gasteiger partial charge in [-0.25, -0.2) is 0 Å². The van der Waals surface area contributed by atoms with Gasteiger partial charge in [-0.05, 0) is 0 Å². The molecule has 0 aliphatic heterocycles. The van der Waals surface area contributed by atoms with Crippen LogP contribution in [0.4, 0.5) is 0 Å². The third kappa shape index (κ3) is 5.96. The van der Waals surface area contributed by atoms with Crippen LogP contribution in [0, 0.1) is 13.0 Å². The first kappa shape index (κ1) is 17.2. The molecule has 1 heteroatoms. The van der Waals surface area contributed by atoms with Gasteiger partial charge in [0.15, 0.2) is 0 Å². The summed E-state index contributed by atoms with van der Waals surface area (Å²) in [5.41, 5.74) is 3.65. The van der Waals surface area contributed by atoms with Crippen LogP contribution < -0.4 is 18.9 Å². The first-order valence-corrected chi connectivity index (χ1v) is 6.73. The van der Waals surface area contributed by atoms with Gasteiger partial charge in [0.2, 0.25) is 0 Å². The second kappa shape index (κ2) is 9.94. The normalized spacial score (nSPS) is 14.5. The van der Waals surface area contributed by atoms with Crippen molar-refractivity contribution in [2.45, 2.75) is 6.42 Å². The van der Waals surface area contributed by atoms with E-state index in [1.165, 1.54) is 11.1 Å². The van der Waals surface area contributed by atoms with Crippen molar-refractivity contribution in [3.8, 4) is 0 Å². The summed E-state index contributed by atoms with van der Waals surface area (Å²) in [5, 5.41) is 0. The molecule has 0 saturated heterocycles. The van der Waals surface area contributed by atoms with Crippen LogP contribution in [0.1, 0.15) is 12.0 Å². The molecule has 0 bridgehead atoms. The topological polar surface area (TPSA) is 0 Å². The summed E-state index contributed by atoms with van der Waals surface area (Å²) in [6.45, 7) is 4.13. The minimum absolute atomic E-state index is 0. The average Bonchev–Trinajstić information content (AvgIpc) is 2.58. The Morgan fingerprint density at radius 2 is 1.57 bits per heavy atom. The molecule has 0 saturated carbocycles. The Morgan fingerprint density at radius 3 is 2.05 bits per heavy atom. The van der Waals surface area contributed by atoms with E-state index in [4.69, 9.17) is 0 Å². The fourth-order valence-corrected chi connectivity index (χ4v) is 1.90. The molecule has 1 aliphatic rings. The van der Waals surface area contributed by atoms with E-state index in [0.29, 0.717) is 0 Å². The second-order valence-electron chi connectivity index (χ2n) is 4.44. The number of hydrogen-bond donors (Lipinski definition) is 0. The van der Waals surface area contributed by atoms with Crippen LogP contribution in [-0.2, 0) is 0 Å². The number of benzene rings is 2. The Kier molecular flexibility index (Phi) is 8.13. The Labute approximate surface area is 140 Å². The van der Waals surface area contributed by atoms with Crippen LogP contribution in [0.3, 0.4) is 0 Å². The standard InChI is InChI=1S/C14H13.C6H5.Li/c1-12(13-8-4-2-5-9-13)14-10-6-3-7-11-14;1-2-4-6-5-3-1;/h2-10H,1,11H2;1-5H;/q2*-1;+1/b14-12+;;. The molecule has 0 fully saturated rings. The zero-order valence-corrected chi connectivity index (χ0v) is 12.5. The van der Waals surface area contributed by atoms with Gasteiger partial charge in [-0.3, -0.25) is 0 Å². The first-order valence-electron chi connectivity index (χ1n) is 6.73. The molecule has 1 aliphatic carbocycles. The van der Waals surface area contributed by atoms with Crippen molar-refractivity contribution in [2.75, 3.05) is 0 Å². The zero-order chi connectivity index (χ0) is 14.0. The summed E-state index contributed by atoms with van der Waals surface area (Å²) in [7, 11) is 0. The van der Waals surface area contributed by atoms with Crippen molar-refractivity contribution in [1.82, 2.24) is 0 Å². The molecule has 2 aromatic carbocycles. The first-order chi connectivity index (χ1) is 9.88. The SMILES string of the molecule is [CH2-]/C(=C1/C=CC=CC1)c1ccccc1.[Li+].[c-]1ccccc1. The Balaban J connectivity index is 0.000000267. The molecule has 0 aromatic heterocycles.